The first-order chi connectivity index (χ1) is 6.78. The van der Waals surface area contributed by atoms with E-state index in [1.54, 1.807) is 0 Å². The first kappa shape index (κ1) is 13.8. The summed E-state index contributed by atoms with van der Waals surface area (Å²) in [5.74, 6) is -2.06. The summed E-state index contributed by atoms with van der Waals surface area (Å²) in [6.07, 6.45) is -0.394. The molecule has 0 aromatic rings. The van der Waals surface area contributed by atoms with E-state index in [0.29, 0.717) is 0 Å². The summed E-state index contributed by atoms with van der Waals surface area (Å²) in [4.78, 5) is 21.0. The van der Waals surface area contributed by atoms with Gasteiger partial charge in [-0.1, -0.05) is 0 Å². The number of nitrogens with one attached hydrogen (secondary N) is 2. The molecule has 0 bridgehead atoms. The normalized spacial score (nSPS) is 13.4. The number of aliphatic carboxylic acids is 1. The second-order valence-corrected chi connectivity index (χ2v) is 4.37. The summed E-state index contributed by atoms with van der Waals surface area (Å²) >= 11 is 0. The van der Waals surface area contributed by atoms with Crippen LogP contribution >= 0.6 is 0 Å². The molecule has 0 spiro atoms. The zero-order valence-electron chi connectivity index (χ0n) is 8.06. The molecule has 1 amide bonds. The molecule has 0 saturated heterocycles. The maximum absolute atomic E-state index is 11.0. The number of primary amides is 1. The zero-order valence-corrected chi connectivity index (χ0v) is 8.87. The molecule has 0 rings (SSSR count). The topological polar surface area (TPSA) is 139 Å². The lowest BCUT2D eigenvalue weighted by atomic mass is 10.2. The third-order valence-corrected chi connectivity index (χ3v) is 2.68. The highest BCUT2D eigenvalue weighted by Crippen LogP contribution is 1.98. The Morgan fingerprint density at radius 2 is 2.00 bits per heavy atom. The highest BCUT2D eigenvalue weighted by molar-refractivity contribution is 7.87. The molecule has 0 aromatic heterocycles. The molecule has 0 aliphatic heterocycles. The fraction of sp³-hybridized carbons (Fsp3) is 0.667. The first-order valence-corrected chi connectivity index (χ1v) is 5.48. The van der Waals surface area contributed by atoms with Gasteiger partial charge in [-0.25, -0.2) is 4.72 Å². The average molecular weight is 239 g/mol. The standard InChI is InChI=1S/C6H13N3O5S/c1-8-15(13,14)9-4(6(11)12)2-3-5(7)10/h4,8-9H,2-3H2,1H3,(H2,7,10)(H,11,12). The number of rotatable bonds is 7. The summed E-state index contributed by atoms with van der Waals surface area (Å²) in [7, 11) is -2.71. The molecule has 0 aromatic carbocycles. The van der Waals surface area contributed by atoms with Gasteiger partial charge in [-0.2, -0.15) is 13.1 Å². The van der Waals surface area contributed by atoms with Gasteiger partial charge >= 0.3 is 5.97 Å². The van der Waals surface area contributed by atoms with Gasteiger partial charge in [0.2, 0.25) is 5.91 Å². The van der Waals surface area contributed by atoms with Crippen LogP contribution in [0.5, 0.6) is 0 Å². The second-order valence-electron chi connectivity index (χ2n) is 2.72. The Morgan fingerprint density at radius 1 is 1.47 bits per heavy atom. The molecule has 88 valence electrons. The van der Waals surface area contributed by atoms with Crippen LogP contribution in [0.3, 0.4) is 0 Å². The predicted octanol–water partition coefficient (Wildman–Crippen LogP) is -2.24. The molecular formula is C6H13N3O5S. The van der Waals surface area contributed by atoms with Gasteiger partial charge in [0.05, 0.1) is 0 Å². The lowest BCUT2D eigenvalue weighted by molar-refractivity contribution is -0.139. The van der Waals surface area contributed by atoms with E-state index in [4.69, 9.17) is 10.8 Å². The van der Waals surface area contributed by atoms with Crippen LogP contribution in [0.1, 0.15) is 12.8 Å². The van der Waals surface area contributed by atoms with Crippen LogP contribution in [0.2, 0.25) is 0 Å². The number of hydrogen-bond acceptors (Lipinski definition) is 4. The van der Waals surface area contributed by atoms with E-state index in [9.17, 15) is 18.0 Å². The van der Waals surface area contributed by atoms with E-state index in [-0.39, 0.29) is 12.8 Å². The highest BCUT2D eigenvalue weighted by atomic mass is 32.2. The molecule has 0 aliphatic rings. The van der Waals surface area contributed by atoms with E-state index >= 15 is 0 Å². The number of hydrogen-bond donors (Lipinski definition) is 4. The van der Waals surface area contributed by atoms with Crippen LogP contribution in [-0.2, 0) is 19.8 Å². The minimum Gasteiger partial charge on any atom is -0.480 e. The number of nitrogens with two attached hydrogens (primary N) is 1. The minimum atomic E-state index is -3.84. The van der Waals surface area contributed by atoms with Gasteiger partial charge in [-0.3, -0.25) is 9.59 Å². The number of carbonyl (C=O) groups is 2. The minimum absolute atomic E-state index is 0.189. The van der Waals surface area contributed by atoms with Crippen molar-refractivity contribution in [1.29, 1.82) is 0 Å². The summed E-state index contributed by atoms with van der Waals surface area (Å²) in [5, 5.41) is 8.64. The second kappa shape index (κ2) is 5.63. The third kappa shape index (κ3) is 5.99. The highest BCUT2D eigenvalue weighted by Gasteiger charge is 2.23. The molecule has 0 heterocycles. The van der Waals surface area contributed by atoms with Gasteiger partial charge in [0.25, 0.3) is 10.2 Å². The Balaban J connectivity index is 4.42. The van der Waals surface area contributed by atoms with Crippen LogP contribution in [-0.4, -0.2) is 38.5 Å². The molecular weight excluding hydrogens is 226 g/mol. The summed E-state index contributed by atoms with van der Waals surface area (Å²) in [6.45, 7) is 0. The van der Waals surface area contributed by atoms with Gasteiger partial charge < -0.3 is 10.8 Å². The van der Waals surface area contributed by atoms with Crippen molar-refractivity contribution in [2.24, 2.45) is 5.73 Å². The number of amides is 1. The molecule has 15 heavy (non-hydrogen) atoms. The van der Waals surface area contributed by atoms with Crippen LogP contribution in [0.15, 0.2) is 0 Å². The average Bonchev–Trinajstić information content (AvgIpc) is 2.11. The van der Waals surface area contributed by atoms with Gasteiger partial charge in [-0.15, -0.1) is 0 Å². The van der Waals surface area contributed by atoms with Crippen molar-refractivity contribution in [2.45, 2.75) is 18.9 Å². The van der Waals surface area contributed by atoms with E-state index in [1.807, 2.05) is 9.44 Å². The van der Waals surface area contributed by atoms with Crippen molar-refractivity contribution in [3.8, 4) is 0 Å². The van der Waals surface area contributed by atoms with Gasteiger partial charge in [-0.05, 0) is 6.42 Å². The van der Waals surface area contributed by atoms with Crippen LogP contribution < -0.4 is 15.2 Å². The Morgan fingerprint density at radius 3 is 2.33 bits per heavy atom. The fourth-order valence-electron chi connectivity index (χ4n) is 0.766. The van der Waals surface area contributed by atoms with Crippen molar-refractivity contribution in [1.82, 2.24) is 9.44 Å². The predicted molar refractivity (Wildman–Crippen MR) is 51.0 cm³/mol. The molecule has 0 fully saturated rings. The SMILES string of the molecule is CNS(=O)(=O)NC(CCC(N)=O)C(=O)O. The van der Waals surface area contributed by atoms with Gasteiger partial charge in [0, 0.05) is 13.5 Å². The van der Waals surface area contributed by atoms with Crippen molar-refractivity contribution in [3.63, 3.8) is 0 Å². The summed E-state index contributed by atoms with van der Waals surface area (Å²) < 4.78 is 25.7. The van der Waals surface area contributed by atoms with Crippen molar-refractivity contribution in [2.75, 3.05) is 7.05 Å². The quantitative estimate of drug-likeness (QED) is 0.398. The van der Waals surface area contributed by atoms with Crippen molar-refractivity contribution in [3.05, 3.63) is 0 Å². The van der Waals surface area contributed by atoms with E-state index in [2.05, 4.69) is 0 Å². The maximum Gasteiger partial charge on any atom is 0.321 e. The van der Waals surface area contributed by atoms with Crippen LogP contribution in [0, 0.1) is 0 Å². The van der Waals surface area contributed by atoms with Gasteiger partial charge in [0.15, 0.2) is 0 Å². The lowest BCUT2D eigenvalue weighted by Crippen LogP contribution is -2.45. The molecule has 1 unspecified atom stereocenters. The fourth-order valence-corrected chi connectivity index (χ4v) is 1.48. The molecule has 0 radical (unpaired) electrons. The largest absolute Gasteiger partial charge is 0.480 e. The van der Waals surface area contributed by atoms with E-state index in [0.717, 1.165) is 7.05 Å². The molecule has 0 saturated carbocycles. The molecule has 5 N–H and O–H groups in total. The van der Waals surface area contributed by atoms with Crippen molar-refractivity contribution < 1.29 is 23.1 Å². The molecule has 1 atom stereocenters. The Kier molecular flexibility index (Phi) is 5.19. The Hall–Kier alpha value is -1.19. The maximum atomic E-state index is 11.0. The summed E-state index contributed by atoms with van der Waals surface area (Å²) in [6, 6.07) is -1.37. The Labute approximate surface area is 87.0 Å². The lowest BCUT2D eigenvalue weighted by Gasteiger charge is -2.12. The summed E-state index contributed by atoms with van der Waals surface area (Å²) in [5.41, 5.74) is 4.81. The zero-order chi connectivity index (χ0) is 12.1. The Bertz CT molecular complexity index is 339. The molecule has 9 heteroatoms. The molecule has 8 nitrogen and oxygen atoms in total. The number of carbonyl (C=O) groups excluding carboxylic acids is 1. The first-order valence-electron chi connectivity index (χ1n) is 4.00. The monoisotopic (exact) mass is 239 g/mol. The van der Waals surface area contributed by atoms with Gasteiger partial charge in [0.1, 0.15) is 6.04 Å². The molecule has 0 aliphatic carbocycles. The third-order valence-electron chi connectivity index (χ3n) is 1.54. The smallest absolute Gasteiger partial charge is 0.321 e. The van der Waals surface area contributed by atoms with Crippen LogP contribution in [0.4, 0.5) is 0 Å². The van der Waals surface area contributed by atoms with E-state index < -0.39 is 28.1 Å². The number of carboxylic acid groups (broad SMARTS) is 1. The van der Waals surface area contributed by atoms with Crippen LogP contribution in [0.25, 0.3) is 0 Å². The van der Waals surface area contributed by atoms with Crippen molar-refractivity contribution >= 4 is 22.1 Å². The van der Waals surface area contributed by atoms with E-state index in [1.165, 1.54) is 0 Å². The number of carboxylic acids is 1.